The minimum atomic E-state index is -0.357. The van der Waals surface area contributed by atoms with Gasteiger partial charge in [-0.1, -0.05) is 17.7 Å². The number of hydrogen-bond acceptors (Lipinski definition) is 4. The summed E-state index contributed by atoms with van der Waals surface area (Å²) in [5.41, 5.74) is 2.09. The second-order valence-corrected chi connectivity index (χ2v) is 4.76. The average molecular weight is 292 g/mol. The van der Waals surface area contributed by atoms with Gasteiger partial charge in [0.15, 0.2) is 11.5 Å². The lowest BCUT2D eigenvalue weighted by Crippen LogP contribution is -2.09. The molecule has 2 N–H and O–H groups in total. The third-order valence-corrected chi connectivity index (χ3v) is 3.33. The van der Waals surface area contributed by atoms with Crippen molar-refractivity contribution in [2.24, 2.45) is 0 Å². The van der Waals surface area contributed by atoms with Crippen molar-refractivity contribution in [1.82, 2.24) is 19.9 Å². The number of nitrogens with zero attached hydrogens (tertiary/aromatic N) is 3. The van der Waals surface area contributed by atoms with Crippen molar-refractivity contribution in [3.63, 3.8) is 0 Å². The number of aromatic nitrogens is 4. The number of imidazole rings is 1. The Morgan fingerprint density at radius 3 is 2.95 bits per heavy atom. The van der Waals surface area contributed by atoms with Gasteiger partial charge in [0.1, 0.15) is 17.7 Å². The minimum absolute atomic E-state index is 0.135. The van der Waals surface area contributed by atoms with Crippen LogP contribution in [0.3, 0.4) is 0 Å². The van der Waals surface area contributed by atoms with E-state index in [0.29, 0.717) is 16.5 Å². The van der Waals surface area contributed by atoms with E-state index in [2.05, 4.69) is 25.3 Å². The molecule has 3 rings (SSSR count). The molecule has 1 unspecified atom stereocenters. The Hall–Kier alpha value is -2.21. The maximum Gasteiger partial charge on any atom is 0.182 e. The number of fused-ring (bicyclic) bond motifs is 1. The molecule has 20 heavy (non-hydrogen) atoms. The molecule has 0 aliphatic carbocycles. The monoisotopic (exact) mass is 291 g/mol. The third kappa shape index (κ3) is 2.30. The van der Waals surface area contributed by atoms with Crippen molar-refractivity contribution >= 4 is 28.6 Å². The first-order valence-electron chi connectivity index (χ1n) is 6.00. The third-order valence-electron chi connectivity index (χ3n) is 3.01. The predicted molar refractivity (Wildman–Crippen MR) is 75.1 cm³/mol. The van der Waals surface area contributed by atoms with E-state index in [0.717, 1.165) is 11.1 Å². The molecule has 0 radical (unpaired) electrons. The molecule has 0 spiro atoms. The smallest absolute Gasteiger partial charge is 0.182 e. The van der Waals surface area contributed by atoms with E-state index >= 15 is 0 Å². The number of benzene rings is 1. The molecular weight excluding hydrogens is 281 g/mol. The molecule has 7 heteroatoms. The van der Waals surface area contributed by atoms with Crippen molar-refractivity contribution < 1.29 is 4.39 Å². The van der Waals surface area contributed by atoms with Gasteiger partial charge in [0, 0.05) is 5.02 Å². The van der Waals surface area contributed by atoms with Crippen molar-refractivity contribution in [3.8, 4) is 0 Å². The SMILES string of the molecule is CC(Nc1ncnc2nc[nH]c12)c1ccc(F)cc1Cl. The van der Waals surface area contributed by atoms with Crippen LogP contribution in [0.15, 0.2) is 30.9 Å². The Bertz CT molecular complexity index is 757. The topological polar surface area (TPSA) is 66.5 Å². The Labute approximate surface area is 119 Å². The fourth-order valence-electron chi connectivity index (χ4n) is 2.01. The van der Waals surface area contributed by atoms with Crippen LogP contribution in [0.5, 0.6) is 0 Å². The normalized spacial score (nSPS) is 12.6. The quantitative estimate of drug-likeness (QED) is 0.777. The van der Waals surface area contributed by atoms with Crippen molar-refractivity contribution in [2.45, 2.75) is 13.0 Å². The Kier molecular flexibility index (Phi) is 3.23. The van der Waals surface area contributed by atoms with Gasteiger partial charge in [-0.2, -0.15) is 0 Å². The summed E-state index contributed by atoms with van der Waals surface area (Å²) in [4.78, 5) is 15.3. The lowest BCUT2D eigenvalue weighted by atomic mass is 10.1. The van der Waals surface area contributed by atoms with Crippen LogP contribution in [-0.4, -0.2) is 19.9 Å². The highest BCUT2D eigenvalue weighted by Gasteiger charge is 2.13. The molecule has 2 heterocycles. The second kappa shape index (κ2) is 5.05. The van der Waals surface area contributed by atoms with E-state index in [1.807, 2.05) is 6.92 Å². The molecule has 0 saturated heterocycles. The molecule has 0 aliphatic rings. The first-order chi connectivity index (χ1) is 9.65. The van der Waals surface area contributed by atoms with Gasteiger partial charge in [-0.15, -0.1) is 0 Å². The number of anilines is 1. The summed E-state index contributed by atoms with van der Waals surface area (Å²) in [5.74, 6) is 0.268. The van der Waals surface area contributed by atoms with Crippen LogP contribution in [0, 0.1) is 5.82 Å². The first-order valence-corrected chi connectivity index (χ1v) is 6.38. The predicted octanol–water partition coefficient (Wildman–Crippen LogP) is 3.32. The first kappa shape index (κ1) is 12.8. The molecule has 102 valence electrons. The maximum absolute atomic E-state index is 13.1. The van der Waals surface area contributed by atoms with E-state index in [9.17, 15) is 4.39 Å². The van der Waals surface area contributed by atoms with Gasteiger partial charge in [0.2, 0.25) is 0 Å². The lowest BCUT2D eigenvalue weighted by molar-refractivity contribution is 0.626. The van der Waals surface area contributed by atoms with Crippen LogP contribution in [0.4, 0.5) is 10.2 Å². The molecule has 0 aliphatic heterocycles. The Morgan fingerprint density at radius 1 is 1.30 bits per heavy atom. The number of nitrogens with one attached hydrogen (secondary N) is 2. The summed E-state index contributed by atoms with van der Waals surface area (Å²) in [6, 6.07) is 4.19. The van der Waals surface area contributed by atoms with E-state index in [-0.39, 0.29) is 11.9 Å². The molecule has 5 nitrogen and oxygen atoms in total. The lowest BCUT2D eigenvalue weighted by Gasteiger charge is -2.16. The number of H-pyrrole nitrogens is 1. The van der Waals surface area contributed by atoms with Crippen LogP contribution >= 0.6 is 11.6 Å². The average Bonchev–Trinajstić information content (AvgIpc) is 2.87. The zero-order valence-electron chi connectivity index (χ0n) is 10.6. The van der Waals surface area contributed by atoms with Crippen LogP contribution in [0.1, 0.15) is 18.5 Å². The van der Waals surface area contributed by atoms with Gasteiger partial charge >= 0.3 is 0 Å². The molecule has 0 bridgehead atoms. The van der Waals surface area contributed by atoms with Gasteiger partial charge in [-0.25, -0.2) is 19.3 Å². The van der Waals surface area contributed by atoms with Crippen LogP contribution in [0.25, 0.3) is 11.2 Å². The number of halogens is 2. The Morgan fingerprint density at radius 2 is 2.15 bits per heavy atom. The van der Waals surface area contributed by atoms with Crippen molar-refractivity contribution in [1.29, 1.82) is 0 Å². The summed E-state index contributed by atoms with van der Waals surface area (Å²) in [6.07, 6.45) is 2.99. The van der Waals surface area contributed by atoms with E-state index < -0.39 is 0 Å². The van der Waals surface area contributed by atoms with Gasteiger partial charge < -0.3 is 10.3 Å². The largest absolute Gasteiger partial charge is 0.362 e. The molecule has 1 aromatic carbocycles. The summed E-state index contributed by atoms with van der Waals surface area (Å²) in [6.45, 7) is 1.92. The van der Waals surface area contributed by atoms with Gasteiger partial charge in [0.25, 0.3) is 0 Å². The molecule has 3 aromatic rings. The minimum Gasteiger partial charge on any atom is -0.362 e. The number of aromatic amines is 1. The zero-order chi connectivity index (χ0) is 14.1. The van der Waals surface area contributed by atoms with Crippen LogP contribution in [0.2, 0.25) is 5.02 Å². The highest BCUT2D eigenvalue weighted by Crippen LogP contribution is 2.27. The van der Waals surface area contributed by atoms with Crippen molar-refractivity contribution in [2.75, 3.05) is 5.32 Å². The summed E-state index contributed by atoms with van der Waals surface area (Å²) < 4.78 is 13.1. The van der Waals surface area contributed by atoms with Gasteiger partial charge in [-0.3, -0.25) is 0 Å². The summed E-state index contributed by atoms with van der Waals surface area (Å²) >= 11 is 6.05. The van der Waals surface area contributed by atoms with Gasteiger partial charge in [0.05, 0.1) is 12.4 Å². The van der Waals surface area contributed by atoms with Crippen molar-refractivity contribution in [3.05, 3.63) is 47.3 Å². The highest BCUT2D eigenvalue weighted by atomic mass is 35.5. The molecular formula is C13H11ClFN5. The highest BCUT2D eigenvalue weighted by molar-refractivity contribution is 6.31. The number of rotatable bonds is 3. The standard InChI is InChI=1S/C13H11ClFN5/c1-7(9-3-2-8(15)4-10(9)14)20-13-11-12(17-5-16-11)18-6-19-13/h2-7H,1H3,(H2,16,17,18,19,20). The van der Waals surface area contributed by atoms with Crippen LogP contribution in [-0.2, 0) is 0 Å². The van der Waals surface area contributed by atoms with Gasteiger partial charge in [-0.05, 0) is 24.6 Å². The van der Waals surface area contributed by atoms with E-state index in [1.165, 1.54) is 18.5 Å². The van der Waals surface area contributed by atoms with E-state index in [4.69, 9.17) is 11.6 Å². The summed E-state index contributed by atoms with van der Waals surface area (Å²) in [7, 11) is 0. The molecule has 0 amide bonds. The molecule has 0 fully saturated rings. The Balaban J connectivity index is 1.92. The van der Waals surface area contributed by atoms with E-state index in [1.54, 1.807) is 12.4 Å². The number of hydrogen-bond donors (Lipinski definition) is 2. The zero-order valence-corrected chi connectivity index (χ0v) is 11.3. The van der Waals surface area contributed by atoms with Crippen LogP contribution < -0.4 is 5.32 Å². The molecule has 0 saturated carbocycles. The molecule has 1 atom stereocenters. The maximum atomic E-state index is 13.1. The fraction of sp³-hybridized carbons (Fsp3) is 0.154. The second-order valence-electron chi connectivity index (χ2n) is 4.36. The fourth-order valence-corrected chi connectivity index (χ4v) is 2.34. The molecule has 2 aromatic heterocycles. The summed E-state index contributed by atoms with van der Waals surface area (Å²) in [5, 5.41) is 3.59.